The van der Waals surface area contributed by atoms with E-state index in [1.165, 1.54) is 0 Å². The number of aliphatic hydroxyl groups is 1. The Bertz CT molecular complexity index is 316. The largest absolute Gasteiger partial charge is 0.398 e. The highest BCUT2D eigenvalue weighted by molar-refractivity contribution is 9.10. The van der Waals surface area contributed by atoms with Gasteiger partial charge in [-0.25, -0.2) is 0 Å². The van der Waals surface area contributed by atoms with Crippen LogP contribution < -0.4 is 5.73 Å². The van der Waals surface area contributed by atoms with Crippen LogP contribution in [0.5, 0.6) is 0 Å². The van der Waals surface area contributed by atoms with Crippen molar-refractivity contribution >= 4 is 21.6 Å². The van der Waals surface area contributed by atoms with Crippen molar-refractivity contribution in [3.63, 3.8) is 0 Å². The Morgan fingerprint density at radius 1 is 1.50 bits per heavy atom. The summed E-state index contributed by atoms with van der Waals surface area (Å²) in [4.78, 5) is 0. The van der Waals surface area contributed by atoms with E-state index in [2.05, 4.69) is 15.9 Å². The number of hydrogen-bond acceptors (Lipinski definition) is 3. The molecule has 0 aromatic heterocycles. The number of benzene rings is 1. The van der Waals surface area contributed by atoms with Crippen LogP contribution in [0.4, 0.5) is 5.69 Å². The van der Waals surface area contributed by atoms with E-state index in [1.807, 2.05) is 12.1 Å². The summed E-state index contributed by atoms with van der Waals surface area (Å²) in [7, 11) is 0. The molecule has 0 spiro atoms. The van der Waals surface area contributed by atoms with E-state index < -0.39 is 6.29 Å². The monoisotopic (exact) mass is 229 g/mol. The molecule has 1 aromatic carbocycles. The summed E-state index contributed by atoms with van der Waals surface area (Å²) in [6.07, 6.45) is -0.913. The second-order valence-corrected chi connectivity index (χ2v) is 3.64. The summed E-state index contributed by atoms with van der Waals surface area (Å²) in [6.45, 7) is 0. The van der Waals surface area contributed by atoms with Crippen molar-refractivity contribution in [3.05, 3.63) is 28.2 Å². The van der Waals surface area contributed by atoms with Crippen molar-refractivity contribution in [1.82, 2.24) is 0 Å². The summed E-state index contributed by atoms with van der Waals surface area (Å²) < 4.78 is 5.83. The van der Waals surface area contributed by atoms with Gasteiger partial charge in [0.2, 0.25) is 0 Å². The first kappa shape index (κ1) is 8.04. The third kappa shape index (κ3) is 1.33. The molecule has 12 heavy (non-hydrogen) atoms. The van der Waals surface area contributed by atoms with Crippen LogP contribution in [0, 0.1) is 0 Å². The SMILES string of the molecule is Nc1ccc(Br)cc1C1OC1O. The molecule has 0 aliphatic carbocycles. The van der Waals surface area contributed by atoms with E-state index in [-0.39, 0.29) is 6.10 Å². The van der Waals surface area contributed by atoms with Crippen molar-refractivity contribution in [3.8, 4) is 0 Å². The van der Waals surface area contributed by atoms with Crippen molar-refractivity contribution in [2.75, 3.05) is 5.73 Å². The molecule has 1 aliphatic heterocycles. The van der Waals surface area contributed by atoms with Crippen LogP contribution in [-0.4, -0.2) is 11.4 Å². The highest BCUT2D eigenvalue weighted by Gasteiger charge is 2.39. The molecule has 0 bridgehead atoms. The van der Waals surface area contributed by atoms with Crippen LogP contribution in [0.15, 0.2) is 22.7 Å². The first-order chi connectivity index (χ1) is 5.68. The number of rotatable bonds is 1. The third-order valence-corrected chi connectivity index (χ3v) is 2.32. The quantitative estimate of drug-likeness (QED) is 0.566. The van der Waals surface area contributed by atoms with E-state index in [0.29, 0.717) is 5.69 Å². The van der Waals surface area contributed by atoms with Crippen LogP contribution in [0.1, 0.15) is 11.7 Å². The predicted molar refractivity (Wildman–Crippen MR) is 48.4 cm³/mol. The van der Waals surface area contributed by atoms with Crippen molar-refractivity contribution in [2.45, 2.75) is 12.4 Å². The maximum atomic E-state index is 9.00. The molecule has 1 aliphatic rings. The molecule has 64 valence electrons. The lowest BCUT2D eigenvalue weighted by molar-refractivity contribution is 0.156. The Morgan fingerprint density at radius 3 is 2.75 bits per heavy atom. The molecule has 3 N–H and O–H groups in total. The molecule has 0 radical (unpaired) electrons. The third-order valence-electron chi connectivity index (χ3n) is 1.82. The number of halogens is 1. The Labute approximate surface area is 78.3 Å². The van der Waals surface area contributed by atoms with Crippen LogP contribution >= 0.6 is 15.9 Å². The molecule has 1 saturated heterocycles. The number of ether oxygens (including phenoxy) is 1. The molecule has 4 heteroatoms. The Kier molecular flexibility index (Phi) is 1.83. The van der Waals surface area contributed by atoms with Crippen LogP contribution in [0.2, 0.25) is 0 Å². The summed E-state index contributed by atoms with van der Waals surface area (Å²) >= 11 is 3.32. The molecule has 2 unspecified atom stereocenters. The summed E-state index contributed by atoms with van der Waals surface area (Å²) in [5.74, 6) is 0. The van der Waals surface area contributed by atoms with E-state index in [0.717, 1.165) is 10.0 Å². The van der Waals surface area contributed by atoms with Gasteiger partial charge in [0.05, 0.1) is 0 Å². The maximum Gasteiger partial charge on any atom is 0.186 e. The first-order valence-corrected chi connectivity index (χ1v) is 4.36. The summed E-state index contributed by atoms with van der Waals surface area (Å²) in [6, 6.07) is 5.50. The van der Waals surface area contributed by atoms with Gasteiger partial charge in [0.15, 0.2) is 6.29 Å². The Balaban J connectivity index is 2.36. The molecular weight excluding hydrogens is 222 g/mol. The van der Waals surface area contributed by atoms with Crippen molar-refractivity contribution < 1.29 is 9.84 Å². The second kappa shape index (κ2) is 2.73. The minimum Gasteiger partial charge on any atom is -0.398 e. The highest BCUT2D eigenvalue weighted by atomic mass is 79.9. The van der Waals surface area contributed by atoms with E-state index >= 15 is 0 Å². The number of nitrogen functional groups attached to an aromatic ring is 1. The fourth-order valence-electron chi connectivity index (χ4n) is 1.12. The standard InChI is InChI=1S/C8H8BrNO2/c9-4-1-2-6(10)5(3-4)7-8(11)12-7/h1-3,7-8,11H,10H2. The summed E-state index contributed by atoms with van der Waals surface area (Å²) in [5.41, 5.74) is 7.18. The van der Waals surface area contributed by atoms with Gasteiger partial charge in [-0.15, -0.1) is 0 Å². The highest BCUT2D eigenvalue weighted by Crippen LogP contribution is 2.40. The zero-order valence-corrected chi connectivity index (χ0v) is 7.78. The predicted octanol–water partition coefficient (Wildman–Crippen LogP) is 1.42. The zero-order valence-electron chi connectivity index (χ0n) is 6.20. The van der Waals surface area contributed by atoms with Gasteiger partial charge in [0, 0.05) is 15.7 Å². The average molecular weight is 230 g/mol. The van der Waals surface area contributed by atoms with E-state index in [9.17, 15) is 0 Å². The van der Waals surface area contributed by atoms with Crippen LogP contribution in [0.3, 0.4) is 0 Å². The topological polar surface area (TPSA) is 58.8 Å². The molecule has 3 nitrogen and oxygen atoms in total. The number of aliphatic hydroxyl groups excluding tert-OH is 1. The minimum absolute atomic E-state index is 0.234. The van der Waals surface area contributed by atoms with Gasteiger partial charge >= 0.3 is 0 Å². The minimum atomic E-state index is -0.679. The zero-order chi connectivity index (χ0) is 8.72. The average Bonchev–Trinajstić information content (AvgIpc) is 2.73. The number of anilines is 1. The fourth-order valence-corrected chi connectivity index (χ4v) is 1.50. The van der Waals surface area contributed by atoms with Gasteiger partial charge in [-0.2, -0.15) is 0 Å². The van der Waals surface area contributed by atoms with Crippen molar-refractivity contribution in [2.24, 2.45) is 0 Å². The molecule has 0 amide bonds. The molecule has 2 rings (SSSR count). The lowest BCUT2D eigenvalue weighted by atomic mass is 10.1. The van der Waals surface area contributed by atoms with Crippen molar-refractivity contribution in [1.29, 1.82) is 0 Å². The first-order valence-electron chi connectivity index (χ1n) is 3.57. The van der Waals surface area contributed by atoms with Gasteiger partial charge in [0.1, 0.15) is 6.10 Å². The lowest BCUT2D eigenvalue weighted by Crippen LogP contribution is -1.94. The molecule has 1 fully saturated rings. The van der Waals surface area contributed by atoms with Gasteiger partial charge in [-0.1, -0.05) is 15.9 Å². The number of nitrogens with two attached hydrogens (primary N) is 1. The Morgan fingerprint density at radius 2 is 2.17 bits per heavy atom. The number of hydrogen-bond donors (Lipinski definition) is 2. The molecule has 1 heterocycles. The molecule has 1 aromatic rings. The molecular formula is C8H8BrNO2. The maximum absolute atomic E-state index is 9.00. The molecule has 0 saturated carbocycles. The fraction of sp³-hybridized carbons (Fsp3) is 0.250. The van der Waals surface area contributed by atoms with Gasteiger partial charge in [-0.05, 0) is 18.2 Å². The smallest absolute Gasteiger partial charge is 0.186 e. The van der Waals surface area contributed by atoms with Gasteiger partial charge in [0.25, 0.3) is 0 Å². The summed E-state index contributed by atoms with van der Waals surface area (Å²) in [5, 5.41) is 9.00. The molecule has 2 atom stereocenters. The normalized spacial score (nSPS) is 27.2. The van der Waals surface area contributed by atoms with Gasteiger partial charge < -0.3 is 15.6 Å². The van der Waals surface area contributed by atoms with Gasteiger partial charge in [-0.3, -0.25) is 0 Å². The number of epoxide rings is 1. The second-order valence-electron chi connectivity index (χ2n) is 2.72. The lowest BCUT2D eigenvalue weighted by Gasteiger charge is -2.01. The van der Waals surface area contributed by atoms with E-state index in [4.69, 9.17) is 15.6 Å². The van der Waals surface area contributed by atoms with Crippen LogP contribution in [-0.2, 0) is 4.74 Å². The Hall–Kier alpha value is -0.580. The van der Waals surface area contributed by atoms with E-state index in [1.54, 1.807) is 6.07 Å². The van der Waals surface area contributed by atoms with Crippen LogP contribution in [0.25, 0.3) is 0 Å².